The third kappa shape index (κ3) is 4.34. The summed E-state index contributed by atoms with van der Waals surface area (Å²) in [6.07, 6.45) is 0.592. The number of hydrogen-bond acceptors (Lipinski definition) is 4. The van der Waals surface area contributed by atoms with E-state index in [2.05, 4.69) is 5.32 Å². The SMILES string of the molecule is COc1ccc(N(C)C(=O)c2cccc3c2C(CCC(=O)O)CN3)cc1.Cl. The van der Waals surface area contributed by atoms with Gasteiger partial charge in [0.15, 0.2) is 0 Å². The summed E-state index contributed by atoms with van der Waals surface area (Å²) in [4.78, 5) is 25.6. The molecule has 1 heterocycles. The third-order valence-electron chi connectivity index (χ3n) is 4.75. The number of nitrogens with zero attached hydrogens (tertiary/aromatic N) is 1. The van der Waals surface area contributed by atoms with Crippen LogP contribution in [0.2, 0.25) is 0 Å². The Hall–Kier alpha value is -2.73. The van der Waals surface area contributed by atoms with Gasteiger partial charge in [0.25, 0.3) is 5.91 Å². The molecular formula is C20H23ClN2O4. The molecule has 1 aliphatic heterocycles. The predicted octanol–water partition coefficient (Wildman–Crippen LogP) is 3.77. The van der Waals surface area contributed by atoms with E-state index in [-0.39, 0.29) is 30.7 Å². The smallest absolute Gasteiger partial charge is 0.303 e. The summed E-state index contributed by atoms with van der Waals surface area (Å²) < 4.78 is 5.16. The Morgan fingerprint density at radius 3 is 2.56 bits per heavy atom. The van der Waals surface area contributed by atoms with Crippen LogP contribution < -0.4 is 15.0 Å². The van der Waals surface area contributed by atoms with E-state index < -0.39 is 5.97 Å². The maximum absolute atomic E-state index is 13.1. The average molecular weight is 391 g/mol. The first kappa shape index (κ1) is 20.6. The number of ether oxygens (including phenoxy) is 1. The predicted molar refractivity (Wildman–Crippen MR) is 108 cm³/mol. The van der Waals surface area contributed by atoms with Crippen molar-refractivity contribution >= 4 is 35.7 Å². The average Bonchev–Trinajstić information content (AvgIpc) is 3.08. The van der Waals surface area contributed by atoms with E-state index in [0.29, 0.717) is 18.5 Å². The van der Waals surface area contributed by atoms with Gasteiger partial charge in [-0.05, 0) is 48.4 Å². The van der Waals surface area contributed by atoms with Gasteiger partial charge in [-0.25, -0.2) is 0 Å². The van der Waals surface area contributed by atoms with E-state index in [9.17, 15) is 9.59 Å². The van der Waals surface area contributed by atoms with Gasteiger partial charge in [0, 0.05) is 42.9 Å². The van der Waals surface area contributed by atoms with Gasteiger partial charge >= 0.3 is 5.97 Å². The van der Waals surface area contributed by atoms with Crippen LogP contribution in [0.5, 0.6) is 5.75 Å². The van der Waals surface area contributed by atoms with Crippen LogP contribution >= 0.6 is 12.4 Å². The fraction of sp³-hybridized carbons (Fsp3) is 0.300. The summed E-state index contributed by atoms with van der Waals surface area (Å²) in [6.45, 7) is 0.652. The molecule has 0 saturated carbocycles. The van der Waals surface area contributed by atoms with E-state index in [4.69, 9.17) is 9.84 Å². The highest BCUT2D eigenvalue weighted by Gasteiger charge is 2.29. The molecule has 0 fully saturated rings. The van der Waals surface area contributed by atoms with E-state index >= 15 is 0 Å². The van der Waals surface area contributed by atoms with Crippen LogP contribution in [0.1, 0.15) is 34.7 Å². The Balaban J connectivity index is 0.00000261. The molecule has 0 aromatic heterocycles. The molecule has 2 aromatic rings. The zero-order valence-corrected chi connectivity index (χ0v) is 16.1. The second-order valence-corrected chi connectivity index (χ2v) is 6.34. The van der Waals surface area contributed by atoms with E-state index in [1.54, 1.807) is 19.1 Å². The number of carboxylic acid groups (broad SMARTS) is 1. The number of amides is 1. The zero-order chi connectivity index (χ0) is 18.7. The molecule has 0 radical (unpaired) electrons. The van der Waals surface area contributed by atoms with Gasteiger partial charge in [0.2, 0.25) is 0 Å². The first-order chi connectivity index (χ1) is 12.5. The molecule has 0 aliphatic carbocycles. The van der Waals surface area contributed by atoms with Crippen LogP contribution in [-0.2, 0) is 4.79 Å². The van der Waals surface area contributed by atoms with Gasteiger partial charge < -0.3 is 20.1 Å². The first-order valence-corrected chi connectivity index (χ1v) is 8.52. The molecule has 144 valence electrons. The third-order valence-corrected chi connectivity index (χ3v) is 4.75. The van der Waals surface area contributed by atoms with Crippen molar-refractivity contribution in [2.75, 3.05) is 30.9 Å². The lowest BCUT2D eigenvalue weighted by molar-refractivity contribution is -0.137. The van der Waals surface area contributed by atoms with Crippen LogP contribution in [0.25, 0.3) is 0 Å². The molecule has 3 rings (SSSR count). The van der Waals surface area contributed by atoms with Crippen molar-refractivity contribution in [1.29, 1.82) is 0 Å². The molecule has 0 spiro atoms. The lowest BCUT2D eigenvalue weighted by Crippen LogP contribution is -2.27. The first-order valence-electron chi connectivity index (χ1n) is 8.52. The van der Waals surface area contributed by atoms with Gasteiger partial charge in [-0.15, -0.1) is 12.4 Å². The number of methoxy groups -OCH3 is 1. The van der Waals surface area contributed by atoms with Gasteiger partial charge in [0.05, 0.1) is 7.11 Å². The van der Waals surface area contributed by atoms with Crippen LogP contribution in [0.4, 0.5) is 11.4 Å². The van der Waals surface area contributed by atoms with Crippen molar-refractivity contribution in [2.24, 2.45) is 0 Å². The Labute approximate surface area is 164 Å². The minimum absolute atomic E-state index is 0. The van der Waals surface area contributed by atoms with E-state index in [0.717, 1.165) is 22.7 Å². The number of carboxylic acids is 1. The Morgan fingerprint density at radius 2 is 1.93 bits per heavy atom. The Kier molecular flexibility index (Phi) is 6.69. The van der Waals surface area contributed by atoms with Crippen molar-refractivity contribution in [3.8, 4) is 5.75 Å². The Morgan fingerprint density at radius 1 is 1.22 bits per heavy atom. The van der Waals surface area contributed by atoms with Crippen LogP contribution in [-0.4, -0.2) is 37.7 Å². The number of rotatable bonds is 6. The highest BCUT2D eigenvalue weighted by Crippen LogP contribution is 2.37. The molecule has 2 N–H and O–H groups in total. The molecule has 1 atom stereocenters. The largest absolute Gasteiger partial charge is 0.497 e. The summed E-state index contributed by atoms with van der Waals surface area (Å²) in [5, 5.41) is 12.3. The molecule has 6 nitrogen and oxygen atoms in total. The number of aliphatic carboxylic acids is 1. The maximum atomic E-state index is 13.1. The quantitative estimate of drug-likeness (QED) is 0.785. The molecule has 7 heteroatoms. The van der Waals surface area contributed by atoms with Crippen molar-refractivity contribution in [2.45, 2.75) is 18.8 Å². The lowest BCUT2D eigenvalue weighted by atomic mass is 9.91. The maximum Gasteiger partial charge on any atom is 0.303 e. The van der Waals surface area contributed by atoms with Gasteiger partial charge in [-0.2, -0.15) is 0 Å². The number of fused-ring (bicyclic) bond motifs is 1. The number of carbonyl (C=O) groups excluding carboxylic acids is 1. The van der Waals surface area contributed by atoms with Crippen molar-refractivity contribution < 1.29 is 19.4 Å². The lowest BCUT2D eigenvalue weighted by Gasteiger charge is -2.21. The number of hydrogen-bond donors (Lipinski definition) is 2. The normalized spacial score (nSPS) is 14.5. The topological polar surface area (TPSA) is 78.9 Å². The van der Waals surface area contributed by atoms with E-state index in [1.807, 2.05) is 42.5 Å². The number of nitrogens with one attached hydrogen (secondary N) is 1. The molecular weight excluding hydrogens is 368 g/mol. The van der Waals surface area contributed by atoms with Gasteiger partial charge in [0.1, 0.15) is 5.75 Å². The minimum Gasteiger partial charge on any atom is -0.497 e. The number of carbonyl (C=O) groups is 2. The van der Waals surface area contributed by atoms with Crippen molar-refractivity contribution in [3.63, 3.8) is 0 Å². The molecule has 2 aromatic carbocycles. The number of anilines is 2. The zero-order valence-electron chi connectivity index (χ0n) is 15.3. The molecule has 27 heavy (non-hydrogen) atoms. The monoisotopic (exact) mass is 390 g/mol. The fourth-order valence-corrected chi connectivity index (χ4v) is 3.33. The number of benzene rings is 2. The number of halogens is 1. The summed E-state index contributed by atoms with van der Waals surface area (Å²) in [6, 6.07) is 12.9. The summed E-state index contributed by atoms with van der Waals surface area (Å²) in [5.74, 6) is -0.188. The second kappa shape index (κ2) is 8.77. The highest BCUT2D eigenvalue weighted by molar-refractivity contribution is 6.08. The minimum atomic E-state index is -0.822. The van der Waals surface area contributed by atoms with E-state index in [1.165, 1.54) is 0 Å². The summed E-state index contributed by atoms with van der Waals surface area (Å²) in [5.41, 5.74) is 3.20. The molecule has 1 unspecified atom stereocenters. The fourth-order valence-electron chi connectivity index (χ4n) is 3.33. The van der Waals surface area contributed by atoms with Crippen LogP contribution in [0.15, 0.2) is 42.5 Å². The van der Waals surface area contributed by atoms with Gasteiger partial charge in [-0.1, -0.05) is 6.07 Å². The van der Waals surface area contributed by atoms with Crippen molar-refractivity contribution in [1.82, 2.24) is 0 Å². The van der Waals surface area contributed by atoms with Crippen molar-refractivity contribution in [3.05, 3.63) is 53.6 Å². The molecule has 0 saturated heterocycles. The molecule has 0 bridgehead atoms. The molecule has 1 amide bonds. The molecule has 1 aliphatic rings. The summed E-state index contributed by atoms with van der Waals surface area (Å²) >= 11 is 0. The van der Waals surface area contributed by atoms with Crippen LogP contribution in [0.3, 0.4) is 0 Å². The highest BCUT2D eigenvalue weighted by atomic mass is 35.5. The Bertz CT molecular complexity index is 823. The standard InChI is InChI=1S/C20H22N2O4.ClH/c1-22(14-7-9-15(26-2)10-8-14)20(25)16-4-3-5-17-19(16)13(12-21-17)6-11-18(23)24;/h3-5,7-10,13,21H,6,11-12H2,1-2H3,(H,23,24);1H. The second-order valence-electron chi connectivity index (χ2n) is 6.34. The van der Waals surface area contributed by atoms with Gasteiger partial charge in [-0.3, -0.25) is 9.59 Å². The summed E-state index contributed by atoms with van der Waals surface area (Å²) in [7, 11) is 3.33. The van der Waals surface area contributed by atoms with Crippen LogP contribution in [0, 0.1) is 0 Å².